The predicted molar refractivity (Wildman–Crippen MR) is 188 cm³/mol. The van der Waals surface area contributed by atoms with Gasteiger partial charge in [-0.1, -0.05) is 45.9 Å². The molecule has 10 nitrogen and oxygen atoms in total. The van der Waals surface area contributed by atoms with Crippen LogP contribution >= 0.6 is 0 Å². The maximum Gasteiger partial charge on any atom is 0.292 e. The topological polar surface area (TPSA) is 123 Å². The number of carbonyl (C=O) groups is 2. The Balaban J connectivity index is 0.00000361. The smallest absolute Gasteiger partial charge is 0.292 e. The summed E-state index contributed by atoms with van der Waals surface area (Å²) in [7, 11) is 1.90. The average molecular weight is 633 g/mol. The van der Waals surface area contributed by atoms with Gasteiger partial charge in [0.2, 0.25) is 5.91 Å². The Bertz CT molecular complexity index is 1360. The van der Waals surface area contributed by atoms with Gasteiger partial charge < -0.3 is 30.2 Å². The lowest BCUT2D eigenvalue weighted by Crippen LogP contribution is -2.35. The Morgan fingerprint density at radius 3 is 2.46 bits per heavy atom. The van der Waals surface area contributed by atoms with Gasteiger partial charge in [-0.2, -0.15) is 0 Å². The Hall–Kier alpha value is -4.44. The fourth-order valence-corrected chi connectivity index (χ4v) is 4.87. The second-order valence-electron chi connectivity index (χ2n) is 10.5. The number of hydrogen-bond acceptors (Lipinski definition) is 8. The van der Waals surface area contributed by atoms with Gasteiger partial charge in [0.25, 0.3) is 5.91 Å². The number of nitrogens with zero attached hydrogens (tertiary/aromatic N) is 3. The van der Waals surface area contributed by atoms with Gasteiger partial charge in [0.05, 0.1) is 18.6 Å². The van der Waals surface area contributed by atoms with Gasteiger partial charge in [-0.3, -0.25) is 14.6 Å². The van der Waals surface area contributed by atoms with Gasteiger partial charge in [-0.15, -0.1) is 5.06 Å². The molecule has 1 atom stereocenters. The van der Waals surface area contributed by atoms with E-state index in [2.05, 4.69) is 58.6 Å². The summed E-state index contributed by atoms with van der Waals surface area (Å²) in [4.78, 5) is 36.4. The van der Waals surface area contributed by atoms with Crippen molar-refractivity contribution in [3.05, 3.63) is 83.4 Å². The zero-order valence-electron chi connectivity index (χ0n) is 28.6. The molecule has 2 aromatic rings. The van der Waals surface area contributed by atoms with Gasteiger partial charge >= 0.3 is 0 Å². The minimum absolute atomic E-state index is 0.0782. The number of aliphatic imine (C=N–C) groups is 1. The summed E-state index contributed by atoms with van der Waals surface area (Å²) in [6.45, 7) is 14.8. The largest absolute Gasteiger partial charge is 0.459 e. The highest BCUT2D eigenvalue weighted by Crippen LogP contribution is 2.33. The van der Waals surface area contributed by atoms with Crippen LogP contribution in [0.1, 0.15) is 83.3 Å². The van der Waals surface area contributed by atoms with Crippen molar-refractivity contribution in [2.45, 2.75) is 73.3 Å². The van der Waals surface area contributed by atoms with Crippen LogP contribution < -0.4 is 15.5 Å². The zero-order valence-corrected chi connectivity index (χ0v) is 28.6. The first kappa shape index (κ1) is 37.7. The number of likely N-dealkylation sites (N-methyl/N-ethyl adjacent to an activating group) is 1. The van der Waals surface area contributed by atoms with Crippen LogP contribution in [-0.4, -0.2) is 68.2 Å². The molecule has 0 aliphatic carbocycles. The second-order valence-corrected chi connectivity index (χ2v) is 10.5. The Labute approximate surface area is 274 Å². The molecule has 0 saturated heterocycles. The number of furan rings is 1. The maximum atomic E-state index is 11.9. The van der Waals surface area contributed by atoms with E-state index in [0.717, 1.165) is 54.1 Å². The molecule has 1 aromatic heterocycles. The monoisotopic (exact) mass is 632 g/mol. The molecule has 0 bridgehead atoms. The molecule has 0 fully saturated rings. The molecule has 0 radical (unpaired) electrons. The standard InChI is InChI=1S/C34H46N6O4.C2H6/c1-6-10-32(41)37-20-22-40(21-7-2)28-15-12-27(13-16-28)33-25(4)30(39(5)44-33)17-14-26(8-3)29(35)18-19-36-24-38-34(42)31-11-9-23-43-31;1-2/h8-9,11-17,23-24,30,35H,6-7,10,18-22H2,1-5H3,(H,37,41)(H,36,38,42);1-2H3/b17-14-,26-8+,35-29?;. The van der Waals surface area contributed by atoms with E-state index in [1.807, 2.05) is 58.0 Å². The molecular weight excluding hydrogens is 580 g/mol. The van der Waals surface area contributed by atoms with Crippen LogP contribution in [0.3, 0.4) is 0 Å². The number of allylic oxidation sites excluding steroid dienone is 3. The fourth-order valence-electron chi connectivity index (χ4n) is 4.87. The first-order valence-corrected chi connectivity index (χ1v) is 16.3. The van der Waals surface area contributed by atoms with E-state index in [9.17, 15) is 9.59 Å². The lowest BCUT2D eigenvalue weighted by Gasteiger charge is -2.25. The molecule has 46 heavy (non-hydrogen) atoms. The van der Waals surface area contributed by atoms with Crippen molar-refractivity contribution in [3.63, 3.8) is 0 Å². The van der Waals surface area contributed by atoms with E-state index in [1.54, 1.807) is 12.1 Å². The Morgan fingerprint density at radius 1 is 1.09 bits per heavy atom. The van der Waals surface area contributed by atoms with Gasteiger partial charge in [0.1, 0.15) is 0 Å². The van der Waals surface area contributed by atoms with E-state index in [-0.39, 0.29) is 23.6 Å². The molecule has 1 aliphatic heterocycles. The summed E-state index contributed by atoms with van der Waals surface area (Å²) in [6.07, 6.45) is 11.5. The number of benzene rings is 1. The average Bonchev–Trinajstić information content (AvgIpc) is 3.70. The first-order valence-electron chi connectivity index (χ1n) is 16.3. The van der Waals surface area contributed by atoms with Crippen LogP contribution in [0.4, 0.5) is 5.69 Å². The lowest BCUT2D eigenvalue weighted by atomic mass is 10.0. The minimum Gasteiger partial charge on any atom is -0.459 e. The van der Waals surface area contributed by atoms with Crippen LogP contribution in [-0.2, 0) is 9.63 Å². The summed E-state index contributed by atoms with van der Waals surface area (Å²) in [5, 5.41) is 15.9. The van der Waals surface area contributed by atoms with Crippen LogP contribution in [0.2, 0.25) is 0 Å². The number of amides is 2. The van der Waals surface area contributed by atoms with Crippen molar-refractivity contribution in [2.24, 2.45) is 4.99 Å². The van der Waals surface area contributed by atoms with Gasteiger partial charge in [0.15, 0.2) is 11.5 Å². The van der Waals surface area contributed by atoms with Gasteiger partial charge in [-0.25, -0.2) is 0 Å². The SMILES string of the molecule is C/C=C(\C=C/C1C(C)=C(c2ccc(N(CCC)CCNC(=O)CCC)cc2)ON1C)C(=N)CCN=CNC(=O)c1ccco1.CC. The molecule has 0 spiro atoms. The molecule has 1 aromatic carbocycles. The van der Waals surface area contributed by atoms with Crippen molar-refractivity contribution >= 4 is 35.3 Å². The fraction of sp³-hybridized carbons (Fsp3) is 0.444. The van der Waals surface area contributed by atoms with Crippen LogP contribution in [0.5, 0.6) is 0 Å². The van der Waals surface area contributed by atoms with Crippen molar-refractivity contribution < 1.29 is 18.8 Å². The molecule has 3 rings (SSSR count). The molecule has 10 heteroatoms. The molecule has 2 heterocycles. The Morgan fingerprint density at radius 2 is 1.83 bits per heavy atom. The predicted octanol–water partition coefficient (Wildman–Crippen LogP) is 6.79. The second kappa shape index (κ2) is 20.6. The van der Waals surface area contributed by atoms with E-state index in [4.69, 9.17) is 14.7 Å². The van der Waals surface area contributed by atoms with Crippen molar-refractivity contribution in [2.75, 3.05) is 38.1 Å². The summed E-state index contributed by atoms with van der Waals surface area (Å²) in [5.41, 5.74) is 4.46. The van der Waals surface area contributed by atoms with Crippen molar-refractivity contribution in [1.29, 1.82) is 5.41 Å². The number of carbonyl (C=O) groups excluding carboxylic acids is 2. The van der Waals surface area contributed by atoms with Gasteiger partial charge in [-0.05, 0) is 74.2 Å². The highest BCUT2D eigenvalue weighted by molar-refractivity contribution is 6.00. The van der Waals surface area contributed by atoms with Crippen molar-refractivity contribution in [1.82, 2.24) is 15.7 Å². The minimum atomic E-state index is -0.365. The maximum absolute atomic E-state index is 11.9. The summed E-state index contributed by atoms with van der Waals surface area (Å²) in [5.74, 6) is 0.779. The van der Waals surface area contributed by atoms with E-state index < -0.39 is 0 Å². The number of hydrogen-bond donors (Lipinski definition) is 3. The summed E-state index contributed by atoms with van der Waals surface area (Å²) in [6, 6.07) is 11.5. The highest BCUT2D eigenvalue weighted by Gasteiger charge is 2.29. The number of hydroxylamine groups is 2. The lowest BCUT2D eigenvalue weighted by molar-refractivity contribution is -0.121. The highest BCUT2D eigenvalue weighted by atomic mass is 16.7. The van der Waals surface area contributed by atoms with Gasteiger partial charge in [0, 0.05) is 63.0 Å². The zero-order chi connectivity index (χ0) is 33.9. The quantitative estimate of drug-likeness (QED) is 0.100. The van der Waals surface area contributed by atoms with E-state index >= 15 is 0 Å². The molecule has 2 amide bonds. The molecule has 1 unspecified atom stereocenters. The number of rotatable bonds is 17. The third kappa shape index (κ3) is 11.5. The van der Waals surface area contributed by atoms with Crippen molar-refractivity contribution in [3.8, 4) is 0 Å². The van der Waals surface area contributed by atoms with Crippen LogP contribution in [0, 0.1) is 5.41 Å². The molecule has 3 N–H and O–H groups in total. The van der Waals surface area contributed by atoms with Crippen LogP contribution in [0.25, 0.3) is 5.76 Å². The summed E-state index contributed by atoms with van der Waals surface area (Å²) < 4.78 is 5.05. The number of anilines is 1. The van der Waals surface area contributed by atoms with Crippen LogP contribution in [0.15, 0.2) is 81.4 Å². The normalized spacial score (nSPS) is 15.1. The summed E-state index contributed by atoms with van der Waals surface area (Å²) >= 11 is 0. The third-order valence-electron chi connectivity index (χ3n) is 7.24. The third-order valence-corrected chi connectivity index (χ3v) is 7.24. The molecule has 1 aliphatic rings. The first-order chi connectivity index (χ1) is 22.3. The van der Waals surface area contributed by atoms with E-state index in [1.165, 1.54) is 12.6 Å². The molecular formula is C36H52N6O4. The Kier molecular flexibility index (Phi) is 16.9. The van der Waals surface area contributed by atoms with E-state index in [0.29, 0.717) is 31.6 Å². The molecule has 250 valence electrons. The molecule has 0 saturated carbocycles. The number of nitrogens with one attached hydrogen (secondary N) is 3.